The summed E-state index contributed by atoms with van der Waals surface area (Å²) < 4.78 is 13.7. The minimum Gasteiger partial charge on any atom is -0.310 e. The van der Waals surface area contributed by atoms with Crippen LogP contribution in [0.25, 0.3) is 0 Å². The number of rotatable bonds is 5. The second kappa shape index (κ2) is 6.21. The third-order valence-corrected chi connectivity index (χ3v) is 2.73. The summed E-state index contributed by atoms with van der Waals surface area (Å²) in [5.74, 6) is 0.304. The Morgan fingerprint density at radius 1 is 1.38 bits per heavy atom. The molecular formula is C13H19ClFN. The molecule has 1 N–H and O–H groups in total. The van der Waals surface area contributed by atoms with E-state index in [0.717, 1.165) is 13.0 Å². The van der Waals surface area contributed by atoms with Crippen LogP contribution >= 0.6 is 11.6 Å². The van der Waals surface area contributed by atoms with E-state index < -0.39 is 0 Å². The highest BCUT2D eigenvalue weighted by molar-refractivity contribution is 6.30. The van der Waals surface area contributed by atoms with Crippen LogP contribution in [0.1, 0.15) is 38.8 Å². The molecule has 90 valence electrons. The maximum absolute atomic E-state index is 13.7. The zero-order valence-electron chi connectivity index (χ0n) is 10.1. The second-order valence-electron chi connectivity index (χ2n) is 4.41. The molecule has 1 atom stereocenters. The molecule has 0 aromatic heterocycles. The lowest BCUT2D eigenvalue weighted by Crippen LogP contribution is -2.23. The molecule has 1 aromatic rings. The van der Waals surface area contributed by atoms with Gasteiger partial charge in [0.05, 0.1) is 0 Å². The highest BCUT2D eigenvalue weighted by Gasteiger charge is 2.16. The first kappa shape index (κ1) is 13.5. The molecule has 1 rings (SSSR count). The number of halogens is 2. The Bertz CT molecular complexity index is 339. The third kappa shape index (κ3) is 3.76. The van der Waals surface area contributed by atoms with Gasteiger partial charge in [-0.15, -0.1) is 0 Å². The Hall–Kier alpha value is -0.600. The summed E-state index contributed by atoms with van der Waals surface area (Å²) in [5, 5.41) is 3.75. The van der Waals surface area contributed by atoms with Gasteiger partial charge in [-0.05, 0) is 31.0 Å². The zero-order chi connectivity index (χ0) is 12.1. The maximum Gasteiger partial charge on any atom is 0.129 e. The Balaban J connectivity index is 2.91. The van der Waals surface area contributed by atoms with Gasteiger partial charge in [-0.3, -0.25) is 0 Å². The monoisotopic (exact) mass is 243 g/mol. The van der Waals surface area contributed by atoms with E-state index in [1.165, 1.54) is 6.07 Å². The summed E-state index contributed by atoms with van der Waals surface area (Å²) in [7, 11) is 0. The van der Waals surface area contributed by atoms with Gasteiger partial charge in [0.2, 0.25) is 0 Å². The van der Waals surface area contributed by atoms with E-state index in [-0.39, 0.29) is 11.9 Å². The topological polar surface area (TPSA) is 12.0 Å². The van der Waals surface area contributed by atoms with Crippen molar-refractivity contribution >= 4 is 11.6 Å². The Kier molecular flexibility index (Phi) is 5.23. The molecule has 0 fully saturated rings. The molecule has 0 amide bonds. The second-order valence-corrected chi connectivity index (χ2v) is 4.84. The SMILES string of the molecule is CCNC(CC(C)C)c1ccc(Cl)cc1F. The first-order valence-corrected chi connectivity index (χ1v) is 6.10. The summed E-state index contributed by atoms with van der Waals surface area (Å²) in [6, 6.07) is 4.96. The quantitative estimate of drug-likeness (QED) is 0.818. The number of nitrogens with one attached hydrogen (secondary N) is 1. The summed E-state index contributed by atoms with van der Waals surface area (Å²) >= 11 is 5.74. The van der Waals surface area contributed by atoms with Crippen LogP contribution in [0.15, 0.2) is 18.2 Å². The fourth-order valence-corrected chi connectivity index (χ4v) is 1.98. The number of benzene rings is 1. The average Bonchev–Trinajstić information content (AvgIpc) is 2.16. The lowest BCUT2D eigenvalue weighted by Gasteiger charge is -2.21. The zero-order valence-corrected chi connectivity index (χ0v) is 10.8. The number of hydrogen-bond donors (Lipinski definition) is 1. The van der Waals surface area contributed by atoms with Crippen molar-refractivity contribution < 1.29 is 4.39 Å². The van der Waals surface area contributed by atoms with E-state index in [9.17, 15) is 4.39 Å². The van der Waals surface area contributed by atoms with Crippen LogP contribution in [0.5, 0.6) is 0 Å². The molecule has 0 aliphatic rings. The molecule has 0 heterocycles. The van der Waals surface area contributed by atoms with Gasteiger partial charge in [0.25, 0.3) is 0 Å². The van der Waals surface area contributed by atoms with Gasteiger partial charge in [0.15, 0.2) is 0 Å². The molecule has 0 aliphatic carbocycles. The molecule has 0 radical (unpaired) electrons. The standard InChI is InChI=1S/C13H19ClFN/c1-4-16-13(7-9(2)3)11-6-5-10(14)8-12(11)15/h5-6,8-9,13,16H,4,7H2,1-3H3. The summed E-state index contributed by atoms with van der Waals surface area (Å²) in [6.07, 6.45) is 0.923. The van der Waals surface area contributed by atoms with Gasteiger partial charge in [0, 0.05) is 16.6 Å². The first-order valence-electron chi connectivity index (χ1n) is 5.73. The van der Waals surface area contributed by atoms with Crippen molar-refractivity contribution in [2.45, 2.75) is 33.2 Å². The predicted molar refractivity (Wildman–Crippen MR) is 67.3 cm³/mol. The molecule has 3 heteroatoms. The van der Waals surface area contributed by atoms with E-state index >= 15 is 0 Å². The van der Waals surface area contributed by atoms with Crippen LogP contribution in [0.2, 0.25) is 5.02 Å². The highest BCUT2D eigenvalue weighted by atomic mass is 35.5. The van der Waals surface area contributed by atoms with Crippen LogP contribution in [-0.4, -0.2) is 6.54 Å². The molecule has 0 saturated carbocycles. The van der Waals surface area contributed by atoms with Gasteiger partial charge >= 0.3 is 0 Å². The van der Waals surface area contributed by atoms with Gasteiger partial charge in [-0.1, -0.05) is 38.4 Å². The molecule has 1 aromatic carbocycles. The largest absolute Gasteiger partial charge is 0.310 e. The molecule has 0 saturated heterocycles. The van der Waals surface area contributed by atoms with E-state index in [0.29, 0.717) is 16.5 Å². The molecule has 0 spiro atoms. The first-order chi connectivity index (χ1) is 7.54. The molecule has 0 aliphatic heterocycles. The smallest absolute Gasteiger partial charge is 0.129 e. The normalized spacial score (nSPS) is 13.1. The fraction of sp³-hybridized carbons (Fsp3) is 0.538. The summed E-state index contributed by atoms with van der Waals surface area (Å²) in [4.78, 5) is 0. The molecule has 1 unspecified atom stereocenters. The Morgan fingerprint density at radius 3 is 2.56 bits per heavy atom. The third-order valence-electron chi connectivity index (χ3n) is 2.50. The summed E-state index contributed by atoms with van der Waals surface area (Å²) in [5.41, 5.74) is 0.708. The van der Waals surface area contributed by atoms with Crippen LogP contribution in [-0.2, 0) is 0 Å². The van der Waals surface area contributed by atoms with Crippen molar-refractivity contribution in [2.75, 3.05) is 6.54 Å². The lowest BCUT2D eigenvalue weighted by atomic mass is 9.96. The lowest BCUT2D eigenvalue weighted by molar-refractivity contribution is 0.424. The van der Waals surface area contributed by atoms with Gasteiger partial charge in [-0.25, -0.2) is 4.39 Å². The fourth-order valence-electron chi connectivity index (χ4n) is 1.82. The van der Waals surface area contributed by atoms with E-state index in [1.54, 1.807) is 12.1 Å². The highest BCUT2D eigenvalue weighted by Crippen LogP contribution is 2.25. The van der Waals surface area contributed by atoms with Gasteiger partial charge in [-0.2, -0.15) is 0 Å². The number of hydrogen-bond acceptors (Lipinski definition) is 1. The van der Waals surface area contributed by atoms with Gasteiger partial charge in [0.1, 0.15) is 5.82 Å². The minimum absolute atomic E-state index is 0.0715. The predicted octanol–water partition coefficient (Wildman–Crippen LogP) is 4.18. The van der Waals surface area contributed by atoms with E-state index in [1.807, 2.05) is 6.92 Å². The molecular weight excluding hydrogens is 225 g/mol. The van der Waals surface area contributed by atoms with Crippen LogP contribution in [0.4, 0.5) is 4.39 Å². The molecule has 16 heavy (non-hydrogen) atoms. The molecule has 0 bridgehead atoms. The maximum atomic E-state index is 13.7. The van der Waals surface area contributed by atoms with Crippen molar-refractivity contribution in [1.29, 1.82) is 0 Å². The van der Waals surface area contributed by atoms with Crippen molar-refractivity contribution in [1.82, 2.24) is 5.32 Å². The average molecular weight is 244 g/mol. The molecule has 1 nitrogen and oxygen atoms in total. The van der Waals surface area contributed by atoms with Crippen molar-refractivity contribution in [3.63, 3.8) is 0 Å². The Labute approximate surface area is 102 Å². The van der Waals surface area contributed by atoms with Crippen LogP contribution < -0.4 is 5.32 Å². The van der Waals surface area contributed by atoms with E-state index in [4.69, 9.17) is 11.6 Å². The Morgan fingerprint density at radius 2 is 2.06 bits per heavy atom. The van der Waals surface area contributed by atoms with E-state index in [2.05, 4.69) is 19.2 Å². The minimum atomic E-state index is -0.223. The van der Waals surface area contributed by atoms with Crippen LogP contribution in [0.3, 0.4) is 0 Å². The van der Waals surface area contributed by atoms with Crippen LogP contribution in [0, 0.1) is 11.7 Å². The summed E-state index contributed by atoms with van der Waals surface area (Å²) in [6.45, 7) is 7.14. The van der Waals surface area contributed by atoms with Gasteiger partial charge < -0.3 is 5.32 Å². The van der Waals surface area contributed by atoms with Crippen molar-refractivity contribution in [3.05, 3.63) is 34.6 Å². The van der Waals surface area contributed by atoms with Crippen molar-refractivity contribution in [2.24, 2.45) is 5.92 Å². The van der Waals surface area contributed by atoms with Crippen molar-refractivity contribution in [3.8, 4) is 0 Å².